The third-order valence-corrected chi connectivity index (χ3v) is 11.6. The van der Waals surface area contributed by atoms with Crippen molar-refractivity contribution in [3.8, 4) is 11.1 Å². The van der Waals surface area contributed by atoms with Gasteiger partial charge in [0.2, 0.25) is 0 Å². The minimum Gasteiger partial charge on any atom is -0.0761 e. The Balaban J connectivity index is 1.11. The fourth-order valence-corrected chi connectivity index (χ4v) is 9.18. The van der Waals surface area contributed by atoms with Gasteiger partial charge in [0.25, 0.3) is 0 Å². The highest BCUT2D eigenvalue weighted by Gasteiger charge is 2.57. The van der Waals surface area contributed by atoms with Crippen molar-refractivity contribution in [3.63, 3.8) is 0 Å². The van der Waals surface area contributed by atoms with E-state index in [0.29, 0.717) is 5.92 Å². The van der Waals surface area contributed by atoms with Crippen LogP contribution in [0.4, 0.5) is 0 Å². The molecule has 0 N–H and O–H groups in total. The highest BCUT2D eigenvalue weighted by molar-refractivity contribution is 5.89. The maximum absolute atomic E-state index is 2.65. The molecule has 10 rings (SSSR count). The van der Waals surface area contributed by atoms with Gasteiger partial charge in [-0.1, -0.05) is 164 Å². The molecule has 2 saturated carbocycles. The zero-order chi connectivity index (χ0) is 29.6. The van der Waals surface area contributed by atoms with Gasteiger partial charge in [0.05, 0.1) is 5.41 Å². The number of hydrogen-bond donors (Lipinski definition) is 0. The summed E-state index contributed by atoms with van der Waals surface area (Å²) in [4.78, 5) is 0. The van der Waals surface area contributed by atoms with Crippen LogP contribution in [-0.2, 0) is 16.2 Å². The molecule has 45 heavy (non-hydrogen) atoms. The summed E-state index contributed by atoms with van der Waals surface area (Å²) in [6.45, 7) is 0. The first-order valence-corrected chi connectivity index (χ1v) is 16.5. The van der Waals surface area contributed by atoms with E-state index >= 15 is 0 Å². The van der Waals surface area contributed by atoms with Gasteiger partial charge in [-0.3, -0.25) is 0 Å². The Morgan fingerprint density at radius 1 is 0.511 bits per heavy atom. The molecule has 0 heterocycles. The minimum absolute atomic E-state index is 0.104. The van der Waals surface area contributed by atoms with Crippen LogP contribution in [0.25, 0.3) is 21.9 Å². The maximum Gasteiger partial charge on any atom is 0.0713 e. The molecule has 0 radical (unpaired) electrons. The van der Waals surface area contributed by atoms with Gasteiger partial charge in [0, 0.05) is 10.8 Å². The Morgan fingerprint density at radius 3 is 1.91 bits per heavy atom. The summed E-state index contributed by atoms with van der Waals surface area (Å²) >= 11 is 0. The van der Waals surface area contributed by atoms with Crippen LogP contribution in [0, 0.1) is 5.92 Å². The van der Waals surface area contributed by atoms with Crippen molar-refractivity contribution in [2.45, 2.75) is 35.5 Å². The molecule has 0 aliphatic heterocycles. The van der Waals surface area contributed by atoms with E-state index in [0.717, 1.165) is 0 Å². The molecule has 214 valence electrons. The number of hydrogen-bond acceptors (Lipinski definition) is 0. The molecule has 6 aromatic carbocycles. The number of rotatable bonds is 5. The van der Waals surface area contributed by atoms with Gasteiger partial charge in [-0.05, 0) is 86.0 Å². The van der Waals surface area contributed by atoms with Gasteiger partial charge in [-0.2, -0.15) is 0 Å². The van der Waals surface area contributed by atoms with Crippen molar-refractivity contribution >= 4 is 10.8 Å². The second kappa shape index (κ2) is 9.05. The highest BCUT2D eigenvalue weighted by atomic mass is 14.6. The van der Waals surface area contributed by atoms with Crippen LogP contribution in [0.2, 0.25) is 0 Å². The van der Waals surface area contributed by atoms with E-state index in [-0.39, 0.29) is 16.2 Å². The standard InChI is InChI=1S/C45H34/c1-3-14-32(15-4-1)45(33-16-5-2-6-17-33)41-20-10-9-19-38(41)39-23-22-34(29-42(39)45)43(26-27-43)35-24-25-44(30-36(44)28-35)40-21-11-13-31-12-7-8-18-37(31)40/h1-25,28-29,36H,26-27,30H2. The maximum atomic E-state index is 2.65. The molecule has 0 nitrogen and oxygen atoms in total. The SMILES string of the molecule is C1=CC2(c3cccc4ccccc34)CC2C=C1C1(c2ccc3c(c2)C(c2ccccc2)(c2ccccc2)c2ccccc2-3)CC1. The van der Waals surface area contributed by atoms with Crippen molar-refractivity contribution in [3.05, 3.63) is 203 Å². The zero-order valence-electron chi connectivity index (χ0n) is 25.3. The van der Waals surface area contributed by atoms with Gasteiger partial charge in [0.15, 0.2) is 0 Å². The van der Waals surface area contributed by atoms with Crippen LogP contribution in [0.1, 0.15) is 52.6 Å². The summed E-state index contributed by atoms with van der Waals surface area (Å²) in [5, 5.41) is 2.75. The quantitative estimate of drug-likeness (QED) is 0.192. The van der Waals surface area contributed by atoms with E-state index in [1.165, 1.54) is 80.1 Å². The predicted octanol–water partition coefficient (Wildman–Crippen LogP) is 10.7. The summed E-state index contributed by atoms with van der Waals surface area (Å²) < 4.78 is 0. The molecular formula is C45H34. The molecule has 0 heteroatoms. The third-order valence-electron chi connectivity index (χ3n) is 11.6. The first kappa shape index (κ1) is 25.4. The Kier molecular flexibility index (Phi) is 5.11. The molecule has 2 atom stereocenters. The molecule has 6 aromatic rings. The Labute approximate surface area is 265 Å². The Bertz CT molecular complexity index is 2150. The molecule has 0 spiro atoms. The van der Waals surface area contributed by atoms with Crippen molar-refractivity contribution in [1.29, 1.82) is 0 Å². The minimum atomic E-state index is -0.350. The van der Waals surface area contributed by atoms with Crippen LogP contribution in [0.15, 0.2) is 169 Å². The summed E-state index contributed by atoms with van der Waals surface area (Å²) in [5.74, 6) is 0.576. The van der Waals surface area contributed by atoms with E-state index in [9.17, 15) is 0 Å². The predicted molar refractivity (Wildman–Crippen MR) is 186 cm³/mol. The fourth-order valence-electron chi connectivity index (χ4n) is 9.18. The number of benzene rings is 6. The van der Waals surface area contributed by atoms with Crippen molar-refractivity contribution in [2.24, 2.45) is 5.92 Å². The lowest BCUT2D eigenvalue weighted by molar-refractivity contribution is 0.750. The molecule has 2 fully saturated rings. The molecule has 4 aliphatic rings. The van der Waals surface area contributed by atoms with Crippen molar-refractivity contribution < 1.29 is 0 Å². The summed E-state index contributed by atoms with van der Waals surface area (Å²) in [5.41, 5.74) is 12.6. The highest BCUT2D eigenvalue weighted by Crippen LogP contribution is 2.65. The van der Waals surface area contributed by atoms with E-state index in [4.69, 9.17) is 0 Å². The second-order valence-corrected chi connectivity index (χ2v) is 13.7. The largest absolute Gasteiger partial charge is 0.0761 e. The van der Waals surface area contributed by atoms with Crippen molar-refractivity contribution in [2.75, 3.05) is 0 Å². The Morgan fingerprint density at radius 2 is 1.16 bits per heavy atom. The van der Waals surface area contributed by atoms with Crippen LogP contribution in [0.3, 0.4) is 0 Å². The van der Waals surface area contributed by atoms with E-state index in [1.54, 1.807) is 0 Å². The lowest BCUT2D eigenvalue weighted by atomic mass is 9.67. The van der Waals surface area contributed by atoms with Crippen molar-refractivity contribution in [1.82, 2.24) is 0 Å². The molecule has 0 aromatic heterocycles. The average molecular weight is 575 g/mol. The van der Waals surface area contributed by atoms with Gasteiger partial charge in [-0.15, -0.1) is 0 Å². The Hall–Kier alpha value is -4.94. The lowest BCUT2D eigenvalue weighted by Crippen LogP contribution is -2.29. The summed E-state index contributed by atoms with van der Waals surface area (Å²) in [7, 11) is 0. The van der Waals surface area contributed by atoms with E-state index in [2.05, 4.69) is 164 Å². The summed E-state index contributed by atoms with van der Waals surface area (Å²) in [6.07, 6.45) is 11.4. The van der Waals surface area contributed by atoms with E-state index < -0.39 is 0 Å². The second-order valence-electron chi connectivity index (χ2n) is 13.7. The zero-order valence-corrected chi connectivity index (χ0v) is 25.3. The van der Waals surface area contributed by atoms with Crippen LogP contribution in [-0.4, -0.2) is 0 Å². The van der Waals surface area contributed by atoms with Crippen LogP contribution < -0.4 is 0 Å². The first-order valence-electron chi connectivity index (χ1n) is 16.5. The van der Waals surface area contributed by atoms with Crippen LogP contribution >= 0.6 is 0 Å². The normalized spacial score (nSPS) is 22.7. The summed E-state index contributed by atoms with van der Waals surface area (Å²) in [6, 6.07) is 54.7. The third kappa shape index (κ3) is 3.38. The molecular weight excluding hydrogens is 540 g/mol. The number of fused-ring (bicyclic) bond motifs is 5. The molecule has 0 bridgehead atoms. The monoisotopic (exact) mass is 574 g/mol. The molecule has 4 aliphatic carbocycles. The van der Waals surface area contributed by atoms with Gasteiger partial charge in [0.1, 0.15) is 0 Å². The molecule has 2 unspecified atom stereocenters. The van der Waals surface area contributed by atoms with Gasteiger partial charge >= 0.3 is 0 Å². The fraction of sp³-hybridized carbons (Fsp3) is 0.156. The topological polar surface area (TPSA) is 0 Å². The molecule has 0 saturated heterocycles. The van der Waals surface area contributed by atoms with E-state index in [1.807, 2.05) is 0 Å². The van der Waals surface area contributed by atoms with Crippen LogP contribution in [0.5, 0.6) is 0 Å². The molecule has 0 amide bonds. The first-order chi connectivity index (χ1) is 22.2. The lowest BCUT2D eigenvalue weighted by Gasteiger charge is -2.34. The smallest absolute Gasteiger partial charge is 0.0713 e. The van der Waals surface area contributed by atoms with Gasteiger partial charge < -0.3 is 0 Å². The van der Waals surface area contributed by atoms with Gasteiger partial charge in [-0.25, -0.2) is 0 Å². The number of allylic oxidation sites excluding steroid dienone is 4. The average Bonchev–Trinajstić information content (AvgIpc) is 4.04.